The second kappa shape index (κ2) is 5.05. The van der Waals surface area contributed by atoms with Crippen LogP contribution in [0.1, 0.15) is 57.8 Å². The van der Waals surface area contributed by atoms with Gasteiger partial charge in [-0.1, -0.05) is 32.1 Å². The van der Waals surface area contributed by atoms with Crippen molar-refractivity contribution in [2.45, 2.75) is 75.9 Å². The number of nitrogens with one attached hydrogen (secondary N) is 1. The second-order valence-electron chi connectivity index (χ2n) is 5.94. The summed E-state index contributed by atoms with van der Waals surface area (Å²) in [5, 5.41) is 3.75. The third-order valence-corrected chi connectivity index (χ3v) is 4.98. The van der Waals surface area contributed by atoms with Gasteiger partial charge in [0, 0.05) is 31.2 Å². The van der Waals surface area contributed by atoms with Crippen LogP contribution in [0, 0.1) is 0 Å². The number of rotatable bonds is 1. The predicted octanol–water partition coefficient (Wildman–Crippen LogP) is 2.54. The number of nitrogens with zero attached hydrogens (tertiary/aromatic N) is 1. The number of fused-ring (bicyclic) bond motifs is 1. The van der Waals surface area contributed by atoms with E-state index in [2.05, 4.69) is 10.2 Å². The van der Waals surface area contributed by atoms with E-state index in [1.165, 1.54) is 70.9 Å². The van der Waals surface area contributed by atoms with Gasteiger partial charge in [0.2, 0.25) is 0 Å². The molecule has 3 aliphatic rings. The molecule has 1 N–H and O–H groups in total. The topological polar surface area (TPSA) is 15.3 Å². The summed E-state index contributed by atoms with van der Waals surface area (Å²) in [5.41, 5.74) is 0. The van der Waals surface area contributed by atoms with Crippen molar-refractivity contribution in [3.8, 4) is 0 Å². The highest BCUT2D eigenvalue weighted by Gasteiger charge is 2.36. The average Bonchev–Trinajstić information content (AvgIpc) is 2.39. The summed E-state index contributed by atoms with van der Waals surface area (Å²) < 4.78 is 0. The molecular formula is C14H26N2. The maximum atomic E-state index is 3.75. The van der Waals surface area contributed by atoms with Crippen LogP contribution in [0.5, 0.6) is 0 Å². The highest BCUT2D eigenvalue weighted by Crippen LogP contribution is 2.31. The normalized spacial score (nSPS) is 38.2. The molecule has 0 unspecified atom stereocenters. The molecule has 16 heavy (non-hydrogen) atoms. The molecule has 0 aromatic heterocycles. The molecule has 92 valence electrons. The van der Waals surface area contributed by atoms with E-state index in [1.807, 2.05) is 0 Å². The number of hydrogen-bond donors (Lipinski definition) is 1. The van der Waals surface area contributed by atoms with E-state index < -0.39 is 0 Å². The van der Waals surface area contributed by atoms with Gasteiger partial charge in [-0.3, -0.25) is 4.90 Å². The average molecular weight is 222 g/mol. The summed E-state index contributed by atoms with van der Waals surface area (Å²) in [7, 11) is 0. The Morgan fingerprint density at radius 2 is 1.56 bits per heavy atom. The van der Waals surface area contributed by atoms with Crippen molar-refractivity contribution < 1.29 is 0 Å². The van der Waals surface area contributed by atoms with Crippen molar-refractivity contribution in [2.75, 3.05) is 13.1 Å². The quantitative estimate of drug-likeness (QED) is 0.733. The van der Waals surface area contributed by atoms with Gasteiger partial charge in [0.1, 0.15) is 0 Å². The highest BCUT2D eigenvalue weighted by molar-refractivity contribution is 4.95. The number of hydrogen-bond acceptors (Lipinski definition) is 2. The molecule has 1 saturated heterocycles. The third-order valence-electron chi connectivity index (χ3n) is 4.98. The van der Waals surface area contributed by atoms with Crippen molar-refractivity contribution in [1.82, 2.24) is 10.2 Å². The lowest BCUT2D eigenvalue weighted by Crippen LogP contribution is -2.61. The summed E-state index contributed by atoms with van der Waals surface area (Å²) >= 11 is 0. The summed E-state index contributed by atoms with van der Waals surface area (Å²) in [6, 6.07) is 2.64. The zero-order valence-electron chi connectivity index (χ0n) is 10.5. The van der Waals surface area contributed by atoms with Crippen LogP contribution < -0.4 is 5.32 Å². The van der Waals surface area contributed by atoms with Gasteiger partial charge in [0.05, 0.1) is 0 Å². The van der Waals surface area contributed by atoms with Gasteiger partial charge in [0.15, 0.2) is 0 Å². The Kier molecular flexibility index (Phi) is 3.49. The van der Waals surface area contributed by atoms with Gasteiger partial charge in [-0.15, -0.1) is 0 Å². The molecule has 2 heteroatoms. The van der Waals surface area contributed by atoms with Crippen molar-refractivity contribution in [3.63, 3.8) is 0 Å². The highest BCUT2D eigenvalue weighted by atomic mass is 15.3. The Labute approximate surface area is 99.8 Å². The molecule has 0 aromatic carbocycles. The minimum atomic E-state index is 0.824. The molecule has 0 amide bonds. The molecule has 0 spiro atoms. The SMILES string of the molecule is C1CCC(N2CCN[C@H]3CCCC[C@H]32)CC1. The molecule has 0 radical (unpaired) electrons. The van der Waals surface area contributed by atoms with Crippen LogP contribution in [0.25, 0.3) is 0 Å². The van der Waals surface area contributed by atoms with E-state index in [0.29, 0.717) is 0 Å². The lowest BCUT2D eigenvalue weighted by atomic mass is 9.84. The van der Waals surface area contributed by atoms with E-state index in [-0.39, 0.29) is 0 Å². The molecule has 0 bridgehead atoms. The van der Waals surface area contributed by atoms with Crippen LogP contribution in [-0.4, -0.2) is 36.1 Å². The summed E-state index contributed by atoms with van der Waals surface area (Å²) in [6.45, 7) is 2.55. The lowest BCUT2D eigenvalue weighted by Gasteiger charge is -2.49. The number of piperazine rings is 1. The fourth-order valence-corrected chi connectivity index (χ4v) is 4.16. The molecule has 2 atom stereocenters. The van der Waals surface area contributed by atoms with E-state index in [4.69, 9.17) is 0 Å². The van der Waals surface area contributed by atoms with Gasteiger partial charge in [-0.25, -0.2) is 0 Å². The van der Waals surface area contributed by atoms with Crippen molar-refractivity contribution >= 4 is 0 Å². The standard InChI is InChI=1S/C14H26N2/c1-2-6-12(7-3-1)16-11-10-15-13-8-4-5-9-14(13)16/h12-15H,1-11H2/t13-,14+/m0/s1. The molecule has 2 aliphatic carbocycles. The van der Waals surface area contributed by atoms with Crippen LogP contribution >= 0.6 is 0 Å². The largest absolute Gasteiger partial charge is 0.311 e. The summed E-state index contributed by atoms with van der Waals surface area (Å²) in [5.74, 6) is 0. The van der Waals surface area contributed by atoms with Crippen LogP contribution in [-0.2, 0) is 0 Å². The molecular weight excluding hydrogens is 196 g/mol. The molecule has 3 fully saturated rings. The van der Waals surface area contributed by atoms with Crippen LogP contribution in [0.15, 0.2) is 0 Å². The Morgan fingerprint density at radius 3 is 2.44 bits per heavy atom. The molecule has 1 heterocycles. The Morgan fingerprint density at radius 1 is 0.812 bits per heavy atom. The van der Waals surface area contributed by atoms with Crippen molar-refractivity contribution in [2.24, 2.45) is 0 Å². The molecule has 2 saturated carbocycles. The smallest absolute Gasteiger partial charge is 0.0252 e. The Hall–Kier alpha value is -0.0800. The summed E-state index contributed by atoms with van der Waals surface area (Å²) in [4.78, 5) is 2.89. The Balaban J connectivity index is 1.67. The van der Waals surface area contributed by atoms with E-state index in [9.17, 15) is 0 Å². The minimum Gasteiger partial charge on any atom is -0.311 e. The first-order valence-electron chi connectivity index (χ1n) is 7.44. The van der Waals surface area contributed by atoms with Crippen LogP contribution in [0.4, 0.5) is 0 Å². The predicted molar refractivity (Wildman–Crippen MR) is 67.6 cm³/mol. The van der Waals surface area contributed by atoms with E-state index >= 15 is 0 Å². The van der Waals surface area contributed by atoms with E-state index in [0.717, 1.165) is 18.1 Å². The first kappa shape index (κ1) is 11.0. The fraction of sp³-hybridized carbons (Fsp3) is 1.00. The monoisotopic (exact) mass is 222 g/mol. The van der Waals surface area contributed by atoms with Crippen LogP contribution in [0.3, 0.4) is 0 Å². The zero-order valence-corrected chi connectivity index (χ0v) is 10.5. The fourth-order valence-electron chi connectivity index (χ4n) is 4.16. The second-order valence-corrected chi connectivity index (χ2v) is 5.94. The van der Waals surface area contributed by atoms with Crippen molar-refractivity contribution in [3.05, 3.63) is 0 Å². The first-order chi connectivity index (χ1) is 7.95. The first-order valence-corrected chi connectivity index (χ1v) is 7.44. The van der Waals surface area contributed by atoms with Gasteiger partial charge < -0.3 is 5.32 Å². The maximum Gasteiger partial charge on any atom is 0.0252 e. The van der Waals surface area contributed by atoms with Gasteiger partial charge in [0.25, 0.3) is 0 Å². The van der Waals surface area contributed by atoms with Crippen LogP contribution in [0.2, 0.25) is 0 Å². The van der Waals surface area contributed by atoms with Gasteiger partial charge in [-0.2, -0.15) is 0 Å². The maximum absolute atomic E-state index is 3.75. The zero-order chi connectivity index (χ0) is 10.8. The molecule has 3 rings (SSSR count). The molecule has 2 nitrogen and oxygen atoms in total. The minimum absolute atomic E-state index is 0.824. The third kappa shape index (κ3) is 2.14. The van der Waals surface area contributed by atoms with Gasteiger partial charge >= 0.3 is 0 Å². The molecule has 0 aromatic rings. The van der Waals surface area contributed by atoms with E-state index in [1.54, 1.807) is 0 Å². The lowest BCUT2D eigenvalue weighted by molar-refractivity contribution is 0.0343. The Bertz CT molecular complexity index is 221. The summed E-state index contributed by atoms with van der Waals surface area (Å²) in [6.07, 6.45) is 13.2. The van der Waals surface area contributed by atoms with Crippen molar-refractivity contribution in [1.29, 1.82) is 0 Å². The van der Waals surface area contributed by atoms with Gasteiger partial charge in [-0.05, 0) is 25.7 Å². The molecule has 1 aliphatic heterocycles.